The van der Waals surface area contributed by atoms with E-state index in [1.165, 1.54) is 0 Å². The molecular weight excluding hydrogens is 765 g/mol. The number of alkyl halides is 6. The molecule has 12 nitrogen and oxygen atoms in total. The third-order valence-electron chi connectivity index (χ3n) is 7.33. The number of phenolic OH excluding ortho intramolecular Hbond substituents is 1. The van der Waals surface area contributed by atoms with Crippen LogP contribution in [-0.2, 0) is 32.0 Å². The summed E-state index contributed by atoms with van der Waals surface area (Å²) in [5, 5.41) is 34.9. The number of hydrogen-bond donors (Lipinski definition) is 6. The minimum atomic E-state index is -5.08. The van der Waals surface area contributed by atoms with Crippen LogP contribution >= 0.6 is 23.2 Å². The van der Waals surface area contributed by atoms with Gasteiger partial charge in [-0.25, -0.2) is 9.59 Å². The molecule has 0 saturated carbocycles. The summed E-state index contributed by atoms with van der Waals surface area (Å²) in [6.07, 6.45) is -5.08. The first-order valence-corrected chi connectivity index (χ1v) is 17.0. The smallest absolute Gasteiger partial charge is 0.490 e. The van der Waals surface area contributed by atoms with Gasteiger partial charge in [-0.05, 0) is 68.6 Å². The molecule has 0 aliphatic carbocycles. The number of anilines is 1. The van der Waals surface area contributed by atoms with Crippen molar-refractivity contribution in [2.75, 3.05) is 44.6 Å². The van der Waals surface area contributed by atoms with Crippen LogP contribution in [0.15, 0.2) is 30.3 Å². The van der Waals surface area contributed by atoms with E-state index in [0.717, 1.165) is 43.4 Å². The van der Waals surface area contributed by atoms with E-state index in [0.29, 0.717) is 60.5 Å². The van der Waals surface area contributed by atoms with Gasteiger partial charge in [0.15, 0.2) is 12.4 Å². The third-order valence-corrected chi connectivity index (χ3v) is 8.07. The number of nitrogens with zero attached hydrogens (tertiary/aromatic N) is 1. The van der Waals surface area contributed by atoms with Gasteiger partial charge in [-0.1, -0.05) is 55.1 Å². The Morgan fingerprint density at radius 2 is 1.51 bits per heavy atom. The van der Waals surface area contributed by atoms with Crippen molar-refractivity contribution < 1.29 is 65.6 Å². The fourth-order valence-electron chi connectivity index (χ4n) is 4.60. The predicted molar refractivity (Wildman–Crippen MR) is 185 cm³/mol. The first kappa shape index (κ1) is 47.0. The van der Waals surface area contributed by atoms with Gasteiger partial charge in [-0.15, -0.1) is 0 Å². The third kappa shape index (κ3) is 18.1. The van der Waals surface area contributed by atoms with Crippen LogP contribution in [0.1, 0.15) is 50.7 Å². The van der Waals surface area contributed by atoms with E-state index in [-0.39, 0.29) is 30.2 Å². The summed E-state index contributed by atoms with van der Waals surface area (Å²) >= 11 is 12.1. The summed E-state index contributed by atoms with van der Waals surface area (Å²) in [6, 6.07) is 9.20. The van der Waals surface area contributed by atoms with Crippen LogP contribution in [0.3, 0.4) is 0 Å². The van der Waals surface area contributed by atoms with Crippen LogP contribution < -0.4 is 20.7 Å². The fraction of sp³-hybridized carbons (Fsp3) is 0.515. The average Bonchev–Trinajstić information content (AvgIpc) is 3.07. The lowest BCUT2D eigenvalue weighted by Crippen LogP contribution is -2.43. The van der Waals surface area contributed by atoms with Gasteiger partial charge in [0.2, 0.25) is 5.91 Å². The standard InChI is InChI=1S/C29H40Cl2N4O4.2C2HF3O2/c1-3-4-5-20(2)35(27(38)12-15-32-13-10-21-6-8-23(30)24(31)18-21)17-16-33-14-11-22-7-9-25(36)28-29(22)39-19-26(37)34-28;2*3-2(4,5)1(6)7/h6-9,18,20,32-33,36H,3-5,10-17,19H2,1-2H3,(H,34,37);2*(H,6,7)/t20-;;/m1../s1. The number of fused-ring (bicyclic) bond motifs is 1. The number of unbranched alkanes of at least 4 members (excludes halogenated alkanes) is 1. The van der Waals surface area contributed by atoms with Crippen molar-refractivity contribution in [1.82, 2.24) is 15.5 Å². The van der Waals surface area contributed by atoms with E-state index in [1.54, 1.807) is 12.1 Å². The molecule has 2 aromatic rings. The van der Waals surface area contributed by atoms with Crippen LogP contribution in [0.4, 0.5) is 32.0 Å². The molecule has 20 heteroatoms. The van der Waals surface area contributed by atoms with Crippen molar-refractivity contribution in [3.63, 3.8) is 0 Å². The molecule has 0 spiro atoms. The summed E-state index contributed by atoms with van der Waals surface area (Å²) in [6.45, 7) is 7.58. The van der Waals surface area contributed by atoms with Gasteiger partial charge in [0.05, 0.1) is 10.0 Å². The molecule has 0 saturated heterocycles. The maximum absolute atomic E-state index is 13.1. The molecule has 1 aliphatic rings. The highest BCUT2D eigenvalue weighted by atomic mass is 35.5. The number of aliphatic carboxylic acids is 2. The number of aromatic hydroxyl groups is 1. The van der Waals surface area contributed by atoms with Gasteiger partial charge in [-0.2, -0.15) is 26.3 Å². The number of phenols is 1. The van der Waals surface area contributed by atoms with E-state index in [9.17, 15) is 41.0 Å². The lowest BCUT2D eigenvalue weighted by molar-refractivity contribution is -0.193. The lowest BCUT2D eigenvalue weighted by atomic mass is 10.1. The highest BCUT2D eigenvalue weighted by Gasteiger charge is 2.39. The van der Waals surface area contributed by atoms with Crippen molar-refractivity contribution in [2.45, 2.75) is 70.8 Å². The number of hydrogen-bond acceptors (Lipinski definition) is 8. The second-order valence-electron chi connectivity index (χ2n) is 11.5. The number of carbonyl (C=O) groups excluding carboxylic acids is 2. The minimum absolute atomic E-state index is 0.00570. The molecular formula is C33H42Cl2F6N4O8. The molecule has 2 aromatic carbocycles. The molecule has 53 heavy (non-hydrogen) atoms. The minimum Gasteiger partial charge on any atom is -0.506 e. The fourth-order valence-corrected chi connectivity index (χ4v) is 4.92. The van der Waals surface area contributed by atoms with Crippen LogP contribution in [-0.4, -0.2) is 102 Å². The summed E-state index contributed by atoms with van der Waals surface area (Å²) in [5.41, 5.74) is 2.34. The zero-order chi connectivity index (χ0) is 40.4. The molecule has 0 fully saturated rings. The Labute approximate surface area is 311 Å². The van der Waals surface area contributed by atoms with E-state index in [2.05, 4.69) is 29.8 Å². The quantitative estimate of drug-likeness (QED) is 0.0665. The number of ether oxygens (including phenoxy) is 1. The topological polar surface area (TPSA) is 178 Å². The summed E-state index contributed by atoms with van der Waals surface area (Å²) in [4.78, 5) is 44.5. The van der Waals surface area contributed by atoms with Crippen LogP contribution in [0.2, 0.25) is 10.0 Å². The zero-order valence-electron chi connectivity index (χ0n) is 28.8. The maximum Gasteiger partial charge on any atom is 0.490 e. The van der Waals surface area contributed by atoms with E-state index in [1.807, 2.05) is 23.1 Å². The van der Waals surface area contributed by atoms with Gasteiger partial charge in [0.1, 0.15) is 11.4 Å². The Morgan fingerprint density at radius 3 is 2.08 bits per heavy atom. The van der Waals surface area contributed by atoms with E-state index < -0.39 is 24.3 Å². The zero-order valence-corrected chi connectivity index (χ0v) is 30.3. The second-order valence-corrected chi connectivity index (χ2v) is 12.3. The molecule has 1 atom stereocenters. The van der Waals surface area contributed by atoms with Gasteiger partial charge < -0.3 is 40.9 Å². The normalized spacial score (nSPS) is 12.8. The van der Waals surface area contributed by atoms with Gasteiger partial charge in [0, 0.05) is 32.1 Å². The van der Waals surface area contributed by atoms with Crippen molar-refractivity contribution in [3.8, 4) is 11.5 Å². The molecule has 0 unspecified atom stereocenters. The molecule has 0 radical (unpaired) electrons. The van der Waals surface area contributed by atoms with Gasteiger partial charge in [-0.3, -0.25) is 9.59 Å². The Bertz CT molecular complexity index is 1490. The highest BCUT2D eigenvalue weighted by molar-refractivity contribution is 6.42. The Morgan fingerprint density at radius 1 is 0.925 bits per heavy atom. The SMILES string of the molecule is CCCC[C@@H](C)N(CCNCCc1ccc(O)c2c1OCC(=O)N2)C(=O)CCNCCc1ccc(Cl)c(Cl)c1.O=C(O)C(F)(F)F.O=C(O)C(F)(F)F. The number of halogens is 8. The molecule has 1 heterocycles. The van der Waals surface area contributed by atoms with Gasteiger partial charge >= 0.3 is 24.3 Å². The molecule has 3 rings (SSSR count). The van der Waals surface area contributed by atoms with E-state index in [4.69, 9.17) is 47.7 Å². The largest absolute Gasteiger partial charge is 0.506 e. The molecule has 298 valence electrons. The van der Waals surface area contributed by atoms with Crippen molar-refractivity contribution >= 4 is 52.6 Å². The highest BCUT2D eigenvalue weighted by Crippen LogP contribution is 2.39. The predicted octanol–water partition coefficient (Wildman–Crippen LogP) is 6.06. The Kier molecular flexibility index (Phi) is 20.3. The number of carboxylic acids is 2. The first-order valence-electron chi connectivity index (χ1n) is 16.2. The van der Waals surface area contributed by atoms with Crippen molar-refractivity contribution in [2.24, 2.45) is 0 Å². The Hall–Kier alpha value is -4.00. The number of rotatable bonds is 16. The summed E-state index contributed by atoms with van der Waals surface area (Å²) < 4.78 is 69.0. The Balaban J connectivity index is 0.000000845. The average molecular weight is 808 g/mol. The number of amides is 2. The summed E-state index contributed by atoms with van der Waals surface area (Å²) in [5.74, 6) is -5.13. The molecule has 1 aliphatic heterocycles. The number of carboxylic acid groups (broad SMARTS) is 2. The van der Waals surface area contributed by atoms with Crippen molar-refractivity contribution in [1.29, 1.82) is 0 Å². The van der Waals surface area contributed by atoms with Crippen molar-refractivity contribution in [3.05, 3.63) is 51.5 Å². The number of carbonyl (C=O) groups is 4. The summed E-state index contributed by atoms with van der Waals surface area (Å²) in [7, 11) is 0. The number of benzene rings is 2. The molecule has 0 aromatic heterocycles. The maximum atomic E-state index is 13.1. The molecule has 6 N–H and O–H groups in total. The van der Waals surface area contributed by atoms with Crippen LogP contribution in [0, 0.1) is 0 Å². The lowest BCUT2D eigenvalue weighted by Gasteiger charge is -2.30. The second kappa shape index (κ2) is 22.9. The monoisotopic (exact) mass is 806 g/mol. The molecule has 2 amide bonds. The first-order chi connectivity index (χ1) is 24.7. The van der Waals surface area contributed by atoms with Gasteiger partial charge in [0.25, 0.3) is 5.91 Å². The van der Waals surface area contributed by atoms with Crippen LogP contribution in [0.25, 0.3) is 0 Å². The number of nitrogens with one attached hydrogen (secondary N) is 3. The molecule has 0 bridgehead atoms. The van der Waals surface area contributed by atoms with Crippen LogP contribution in [0.5, 0.6) is 11.5 Å². The van der Waals surface area contributed by atoms with E-state index >= 15 is 0 Å².